The second-order valence-corrected chi connectivity index (χ2v) is 4.05. The molecular formula is C11H19N5O3. The van der Waals surface area contributed by atoms with E-state index >= 15 is 0 Å². The first kappa shape index (κ1) is 15.0. The number of ether oxygens (including phenoxy) is 1. The molecule has 106 valence electrons. The third-order valence-electron chi connectivity index (χ3n) is 2.53. The van der Waals surface area contributed by atoms with Crippen molar-refractivity contribution in [1.82, 2.24) is 20.4 Å². The van der Waals surface area contributed by atoms with E-state index in [9.17, 15) is 9.59 Å². The van der Waals surface area contributed by atoms with Crippen molar-refractivity contribution in [2.75, 3.05) is 26.0 Å². The van der Waals surface area contributed by atoms with Crippen LogP contribution in [0.4, 0.5) is 5.69 Å². The standard InChI is InChI=1S/C11H19N5O3/c1-7(10(17)13-4-5-19-3)15-11(18)9-8(12)6-14-16(9)2/h6-7H,4-5,12H2,1-3H3,(H,13,17)(H,15,18). The average Bonchev–Trinajstić information content (AvgIpc) is 2.69. The van der Waals surface area contributed by atoms with Crippen LogP contribution in [0.15, 0.2) is 6.20 Å². The van der Waals surface area contributed by atoms with Gasteiger partial charge in [-0.1, -0.05) is 0 Å². The van der Waals surface area contributed by atoms with Gasteiger partial charge in [-0.3, -0.25) is 14.3 Å². The van der Waals surface area contributed by atoms with E-state index in [1.165, 1.54) is 10.9 Å². The van der Waals surface area contributed by atoms with E-state index in [2.05, 4.69) is 15.7 Å². The molecule has 4 N–H and O–H groups in total. The van der Waals surface area contributed by atoms with Crippen LogP contribution in [-0.4, -0.2) is 47.9 Å². The van der Waals surface area contributed by atoms with Gasteiger partial charge in [-0.2, -0.15) is 5.10 Å². The van der Waals surface area contributed by atoms with Crippen LogP contribution in [0.5, 0.6) is 0 Å². The fourth-order valence-electron chi connectivity index (χ4n) is 1.49. The molecule has 8 heteroatoms. The minimum absolute atomic E-state index is 0.233. The summed E-state index contributed by atoms with van der Waals surface area (Å²) >= 11 is 0. The predicted molar refractivity (Wildman–Crippen MR) is 69.4 cm³/mol. The summed E-state index contributed by atoms with van der Waals surface area (Å²) < 4.78 is 6.17. The Balaban J connectivity index is 2.55. The zero-order chi connectivity index (χ0) is 14.4. The fraction of sp³-hybridized carbons (Fsp3) is 0.545. The Hall–Kier alpha value is -2.09. The zero-order valence-electron chi connectivity index (χ0n) is 11.3. The van der Waals surface area contributed by atoms with Crippen molar-refractivity contribution in [1.29, 1.82) is 0 Å². The lowest BCUT2D eigenvalue weighted by atomic mass is 10.2. The van der Waals surface area contributed by atoms with Gasteiger partial charge >= 0.3 is 0 Å². The first-order valence-electron chi connectivity index (χ1n) is 5.82. The Morgan fingerprint density at radius 3 is 2.79 bits per heavy atom. The molecule has 0 aromatic carbocycles. The number of hydrogen-bond acceptors (Lipinski definition) is 5. The van der Waals surface area contributed by atoms with Crippen LogP contribution in [0, 0.1) is 0 Å². The number of nitrogens with one attached hydrogen (secondary N) is 2. The number of nitrogens with two attached hydrogens (primary N) is 1. The topological polar surface area (TPSA) is 111 Å². The molecule has 0 bridgehead atoms. The number of anilines is 1. The van der Waals surface area contributed by atoms with Crippen molar-refractivity contribution >= 4 is 17.5 Å². The summed E-state index contributed by atoms with van der Waals surface area (Å²) in [7, 11) is 3.15. The van der Waals surface area contributed by atoms with Gasteiger partial charge in [0, 0.05) is 20.7 Å². The predicted octanol–water partition coefficient (Wildman–Crippen LogP) is -1.12. The largest absolute Gasteiger partial charge is 0.396 e. The molecule has 1 aromatic rings. The molecule has 0 aliphatic carbocycles. The van der Waals surface area contributed by atoms with Gasteiger partial charge in [0.2, 0.25) is 5.91 Å². The molecule has 1 heterocycles. The van der Waals surface area contributed by atoms with E-state index in [0.29, 0.717) is 13.2 Å². The molecule has 0 spiro atoms. The van der Waals surface area contributed by atoms with Crippen molar-refractivity contribution in [3.8, 4) is 0 Å². The molecular weight excluding hydrogens is 250 g/mol. The molecule has 8 nitrogen and oxygen atoms in total. The van der Waals surface area contributed by atoms with E-state index in [1.54, 1.807) is 21.1 Å². The molecule has 1 atom stereocenters. The van der Waals surface area contributed by atoms with Gasteiger partial charge in [-0.15, -0.1) is 0 Å². The Bertz CT molecular complexity index is 438. The Morgan fingerprint density at radius 1 is 1.58 bits per heavy atom. The van der Waals surface area contributed by atoms with Crippen molar-refractivity contribution < 1.29 is 14.3 Å². The SMILES string of the molecule is COCCNC(=O)C(C)NC(=O)c1c(N)cnn1C. The highest BCUT2D eigenvalue weighted by Crippen LogP contribution is 2.08. The number of nitrogens with zero attached hydrogens (tertiary/aromatic N) is 2. The van der Waals surface area contributed by atoms with Crippen LogP contribution in [-0.2, 0) is 16.6 Å². The molecule has 0 aliphatic rings. The maximum absolute atomic E-state index is 11.9. The van der Waals surface area contributed by atoms with Crippen LogP contribution >= 0.6 is 0 Å². The van der Waals surface area contributed by atoms with E-state index in [0.717, 1.165) is 0 Å². The second-order valence-electron chi connectivity index (χ2n) is 4.05. The third kappa shape index (κ3) is 3.95. The van der Waals surface area contributed by atoms with Gasteiger partial charge in [0.15, 0.2) is 0 Å². The van der Waals surface area contributed by atoms with Crippen LogP contribution in [0.2, 0.25) is 0 Å². The van der Waals surface area contributed by atoms with Crippen molar-refractivity contribution in [2.24, 2.45) is 7.05 Å². The number of amides is 2. The molecule has 0 saturated carbocycles. The second kappa shape index (κ2) is 6.74. The summed E-state index contributed by atoms with van der Waals surface area (Å²) in [5.41, 5.74) is 6.13. The average molecular weight is 269 g/mol. The lowest BCUT2D eigenvalue weighted by Crippen LogP contribution is -2.46. The van der Waals surface area contributed by atoms with Crippen LogP contribution in [0.1, 0.15) is 17.4 Å². The summed E-state index contributed by atoms with van der Waals surface area (Å²) in [4.78, 5) is 23.6. The lowest BCUT2D eigenvalue weighted by Gasteiger charge is -2.14. The summed E-state index contributed by atoms with van der Waals surface area (Å²) in [6.07, 6.45) is 1.39. The van der Waals surface area contributed by atoms with Gasteiger partial charge < -0.3 is 21.1 Å². The molecule has 0 aliphatic heterocycles. The minimum Gasteiger partial charge on any atom is -0.396 e. The van der Waals surface area contributed by atoms with E-state index < -0.39 is 11.9 Å². The molecule has 1 aromatic heterocycles. The summed E-state index contributed by atoms with van der Waals surface area (Å²) in [5, 5.41) is 9.05. The summed E-state index contributed by atoms with van der Waals surface area (Å²) in [5.74, 6) is -0.724. The number of carbonyl (C=O) groups excluding carboxylic acids is 2. The number of aryl methyl sites for hydroxylation is 1. The van der Waals surface area contributed by atoms with Gasteiger partial charge in [0.05, 0.1) is 18.5 Å². The molecule has 0 fully saturated rings. The Morgan fingerprint density at radius 2 is 2.26 bits per heavy atom. The lowest BCUT2D eigenvalue weighted by molar-refractivity contribution is -0.122. The van der Waals surface area contributed by atoms with Gasteiger partial charge in [-0.05, 0) is 6.92 Å². The van der Waals surface area contributed by atoms with Crippen molar-refractivity contribution in [3.63, 3.8) is 0 Å². The molecule has 1 rings (SSSR count). The molecule has 1 unspecified atom stereocenters. The quantitative estimate of drug-likeness (QED) is 0.567. The normalized spacial score (nSPS) is 11.9. The molecule has 19 heavy (non-hydrogen) atoms. The molecule has 0 radical (unpaired) electrons. The maximum atomic E-state index is 11.9. The first-order chi connectivity index (χ1) is 8.97. The Labute approximate surface area is 111 Å². The number of methoxy groups -OCH3 is 1. The first-order valence-corrected chi connectivity index (χ1v) is 5.82. The number of aromatic nitrogens is 2. The van der Waals surface area contributed by atoms with Crippen molar-refractivity contribution in [2.45, 2.75) is 13.0 Å². The Kier molecular flexibility index (Phi) is 5.31. The smallest absolute Gasteiger partial charge is 0.272 e. The summed E-state index contributed by atoms with van der Waals surface area (Å²) in [6.45, 7) is 2.40. The number of rotatable bonds is 6. The van der Waals surface area contributed by atoms with Crippen LogP contribution < -0.4 is 16.4 Å². The number of carbonyl (C=O) groups is 2. The van der Waals surface area contributed by atoms with Crippen molar-refractivity contribution in [3.05, 3.63) is 11.9 Å². The van der Waals surface area contributed by atoms with E-state index in [1.807, 2.05) is 0 Å². The highest BCUT2D eigenvalue weighted by molar-refractivity contribution is 5.99. The van der Waals surface area contributed by atoms with Gasteiger partial charge in [0.1, 0.15) is 11.7 Å². The number of hydrogen-bond donors (Lipinski definition) is 3. The van der Waals surface area contributed by atoms with Crippen LogP contribution in [0.25, 0.3) is 0 Å². The zero-order valence-corrected chi connectivity index (χ0v) is 11.3. The highest BCUT2D eigenvalue weighted by atomic mass is 16.5. The molecule has 0 saturated heterocycles. The van der Waals surface area contributed by atoms with E-state index in [4.69, 9.17) is 10.5 Å². The minimum atomic E-state index is -0.668. The van der Waals surface area contributed by atoms with Gasteiger partial charge in [0.25, 0.3) is 5.91 Å². The molecule has 2 amide bonds. The van der Waals surface area contributed by atoms with Gasteiger partial charge in [-0.25, -0.2) is 0 Å². The summed E-state index contributed by atoms with van der Waals surface area (Å²) in [6, 6.07) is -0.668. The highest BCUT2D eigenvalue weighted by Gasteiger charge is 2.20. The fourth-order valence-corrected chi connectivity index (χ4v) is 1.49. The maximum Gasteiger partial charge on any atom is 0.272 e. The van der Waals surface area contributed by atoms with E-state index in [-0.39, 0.29) is 17.3 Å². The third-order valence-corrected chi connectivity index (χ3v) is 2.53. The monoisotopic (exact) mass is 269 g/mol. The van der Waals surface area contributed by atoms with Crippen LogP contribution in [0.3, 0.4) is 0 Å². The number of nitrogen functional groups attached to an aromatic ring is 1.